The number of methoxy groups -OCH3 is 2. The van der Waals surface area contributed by atoms with Crippen LogP contribution in [0.5, 0.6) is 0 Å². The first kappa shape index (κ1) is 14.4. The molecule has 0 spiro atoms. The van der Waals surface area contributed by atoms with Gasteiger partial charge in [0.25, 0.3) is 0 Å². The Morgan fingerprint density at radius 3 is 2.35 bits per heavy atom. The third-order valence-corrected chi connectivity index (χ3v) is 3.33. The maximum Gasteiger partial charge on any atom is 0.172 e. The maximum atomic E-state index is 6.20. The molecule has 0 amide bonds. The fourth-order valence-corrected chi connectivity index (χ4v) is 2.14. The van der Waals surface area contributed by atoms with Crippen LogP contribution in [0.15, 0.2) is 0 Å². The molecule has 1 rings (SSSR count). The van der Waals surface area contributed by atoms with Crippen molar-refractivity contribution in [1.29, 1.82) is 0 Å². The van der Waals surface area contributed by atoms with Gasteiger partial charge in [-0.25, -0.2) is 0 Å². The summed E-state index contributed by atoms with van der Waals surface area (Å²) in [7, 11) is 6.94. The normalized spacial score (nSPS) is 13.4. The highest BCUT2D eigenvalue weighted by Crippen LogP contribution is 2.21. The molecule has 5 nitrogen and oxygen atoms in total. The summed E-state index contributed by atoms with van der Waals surface area (Å²) in [5.74, 6) is 0. The molecule has 17 heavy (non-hydrogen) atoms. The largest absolute Gasteiger partial charge is 0.354 e. The minimum absolute atomic E-state index is 0.0328. The molecule has 98 valence electrons. The summed E-state index contributed by atoms with van der Waals surface area (Å²) in [6, 6.07) is 0.0328. The second-order valence-electron chi connectivity index (χ2n) is 3.92. The molecule has 0 saturated heterocycles. The first-order valence-corrected chi connectivity index (χ1v) is 5.83. The van der Waals surface area contributed by atoms with Crippen LogP contribution < -0.4 is 5.32 Å². The molecule has 1 aromatic heterocycles. The van der Waals surface area contributed by atoms with Gasteiger partial charge in [-0.15, -0.1) is 0 Å². The zero-order valence-electron chi connectivity index (χ0n) is 11.0. The summed E-state index contributed by atoms with van der Waals surface area (Å²) in [5.41, 5.74) is 1.95. The molecule has 1 atom stereocenters. The Hall–Kier alpha value is -0.620. The molecule has 0 radical (unpaired) electrons. The van der Waals surface area contributed by atoms with Gasteiger partial charge in [0.05, 0.1) is 11.7 Å². The Kier molecular flexibility index (Phi) is 5.39. The van der Waals surface area contributed by atoms with Crippen LogP contribution in [0.1, 0.15) is 11.3 Å². The quantitative estimate of drug-likeness (QED) is 0.780. The number of nitrogens with zero attached hydrogens (tertiary/aromatic N) is 2. The van der Waals surface area contributed by atoms with Gasteiger partial charge in [0.1, 0.15) is 5.15 Å². The maximum absolute atomic E-state index is 6.20. The third-order valence-electron chi connectivity index (χ3n) is 2.86. The summed E-state index contributed by atoms with van der Waals surface area (Å²) in [6.07, 6.45) is 0.400. The van der Waals surface area contributed by atoms with Crippen molar-refractivity contribution in [3.63, 3.8) is 0 Å². The molecule has 0 aliphatic rings. The van der Waals surface area contributed by atoms with Crippen LogP contribution in [0, 0.1) is 6.92 Å². The SMILES string of the molecule is CNC(Cc1c(C)nn(C)c1Cl)C(OC)OC. The zero-order valence-corrected chi connectivity index (χ0v) is 11.7. The lowest BCUT2D eigenvalue weighted by atomic mass is 10.1. The fourth-order valence-electron chi connectivity index (χ4n) is 1.88. The van der Waals surface area contributed by atoms with Crippen LogP contribution in [0.2, 0.25) is 5.15 Å². The van der Waals surface area contributed by atoms with E-state index in [4.69, 9.17) is 21.1 Å². The molecule has 1 aromatic rings. The first-order chi connectivity index (χ1) is 8.04. The number of nitrogens with one attached hydrogen (secondary N) is 1. The molecule has 0 saturated carbocycles. The lowest BCUT2D eigenvalue weighted by molar-refractivity contribution is -0.121. The standard InChI is InChI=1S/C11H20ClN3O2/c1-7-8(10(12)15(3)14-7)6-9(13-2)11(16-4)17-5/h9,11,13H,6H2,1-5H3. The van der Waals surface area contributed by atoms with Gasteiger partial charge in [0.2, 0.25) is 0 Å². The van der Waals surface area contributed by atoms with E-state index < -0.39 is 0 Å². The summed E-state index contributed by atoms with van der Waals surface area (Å²) < 4.78 is 12.2. The van der Waals surface area contributed by atoms with E-state index in [0.29, 0.717) is 11.6 Å². The van der Waals surface area contributed by atoms with Crippen LogP contribution in [0.25, 0.3) is 0 Å². The molecule has 0 fully saturated rings. The number of ether oxygens (including phenoxy) is 2. The second-order valence-corrected chi connectivity index (χ2v) is 4.28. The number of hydrogen-bond donors (Lipinski definition) is 1. The van der Waals surface area contributed by atoms with Gasteiger partial charge in [-0.1, -0.05) is 11.6 Å². The molecular weight excluding hydrogens is 242 g/mol. The highest BCUT2D eigenvalue weighted by atomic mass is 35.5. The van der Waals surface area contributed by atoms with Crippen molar-refractivity contribution >= 4 is 11.6 Å². The molecule has 1 unspecified atom stereocenters. The predicted octanol–water partition coefficient (Wildman–Crippen LogP) is 1.13. The van der Waals surface area contributed by atoms with Gasteiger partial charge in [-0.2, -0.15) is 5.10 Å². The molecule has 1 N–H and O–H groups in total. The van der Waals surface area contributed by atoms with Gasteiger partial charge in [-0.3, -0.25) is 4.68 Å². The lowest BCUT2D eigenvalue weighted by Crippen LogP contribution is -2.41. The van der Waals surface area contributed by atoms with E-state index in [-0.39, 0.29) is 12.3 Å². The van der Waals surface area contributed by atoms with Crippen LogP contribution in [-0.2, 0) is 22.9 Å². The highest BCUT2D eigenvalue weighted by Gasteiger charge is 2.23. The number of rotatable bonds is 6. The Morgan fingerprint density at radius 2 is 2.00 bits per heavy atom. The Morgan fingerprint density at radius 1 is 1.41 bits per heavy atom. The number of hydrogen-bond acceptors (Lipinski definition) is 4. The summed E-state index contributed by atoms with van der Waals surface area (Å²) >= 11 is 6.20. The summed E-state index contributed by atoms with van der Waals surface area (Å²) in [4.78, 5) is 0. The molecule has 0 aromatic carbocycles. The van der Waals surface area contributed by atoms with Crippen LogP contribution >= 0.6 is 11.6 Å². The van der Waals surface area contributed by atoms with Crippen LogP contribution in [0.4, 0.5) is 0 Å². The van der Waals surface area contributed by atoms with Crippen LogP contribution in [-0.4, -0.2) is 43.4 Å². The Balaban J connectivity index is 2.87. The third kappa shape index (κ3) is 3.19. The highest BCUT2D eigenvalue weighted by molar-refractivity contribution is 6.30. The zero-order chi connectivity index (χ0) is 13.0. The molecule has 0 aliphatic carbocycles. The average molecular weight is 262 g/mol. The van der Waals surface area contributed by atoms with E-state index in [0.717, 1.165) is 11.3 Å². The van der Waals surface area contributed by atoms with Crippen molar-refractivity contribution in [2.24, 2.45) is 7.05 Å². The summed E-state index contributed by atoms with van der Waals surface area (Å²) in [5, 5.41) is 8.12. The molecule has 6 heteroatoms. The summed E-state index contributed by atoms with van der Waals surface area (Å²) in [6.45, 7) is 1.95. The van der Waals surface area contributed by atoms with Crippen molar-refractivity contribution in [3.05, 3.63) is 16.4 Å². The predicted molar refractivity (Wildman–Crippen MR) is 67.3 cm³/mol. The Labute approximate surface area is 107 Å². The minimum Gasteiger partial charge on any atom is -0.354 e. The van der Waals surface area contributed by atoms with E-state index in [9.17, 15) is 0 Å². The molecule has 0 aliphatic heterocycles. The number of likely N-dealkylation sites (N-methyl/N-ethyl adjacent to an activating group) is 1. The topological polar surface area (TPSA) is 48.3 Å². The first-order valence-electron chi connectivity index (χ1n) is 5.46. The monoisotopic (exact) mass is 261 g/mol. The van der Waals surface area contributed by atoms with Gasteiger partial charge >= 0.3 is 0 Å². The van der Waals surface area contributed by atoms with Crippen molar-refractivity contribution in [2.75, 3.05) is 21.3 Å². The van der Waals surface area contributed by atoms with Crippen LogP contribution in [0.3, 0.4) is 0 Å². The van der Waals surface area contributed by atoms with E-state index in [1.54, 1.807) is 18.9 Å². The minimum atomic E-state index is -0.310. The van der Waals surface area contributed by atoms with E-state index >= 15 is 0 Å². The van der Waals surface area contributed by atoms with Gasteiger partial charge in [0.15, 0.2) is 6.29 Å². The molecular formula is C11H20ClN3O2. The van der Waals surface area contributed by atoms with Gasteiger partial charge in [-0.05, 0) is 20.4 Å². The van der Waals surface area contributed by atoms with Gasteiger partial charge in [0, 0.05) is 26.8 Å². The van der Waals surface area contributed by atoms with Crippen molar-refractivity contribution < 1.29 is 9.47 Å². The average Bonchev–Trinajstić information content (AvgIpc) is 2.55. The van der Waals surface area contributed by atoms with Crippen molar-refractivity contribution in [2.45, 2.75) is 25.7 Å². The number of aryl methyl sites for hydroxylation is 2. The number of halogens is 1. The van der Waals surface area contributed by atoms with E-state index in [1.807, 2.05) is 21.0 Å². The molecule has 1 heterocycles. The fraction of sp³-hybridized carbons (Fsp3) is 0.727. The Bertz CT molecular complexity index is 364. The van der Waals surface area contributed by atoms with Crippen molar-refractivity contribution in [3.8, 4) is 0 Å². The van der Waals surface area contributed by atoms with E-state index in [2.05, 4.69) is 10.4 Å². The number of aromatic nitrogens is 2. The second kappa shape index (κ2) is 6.35. The van der Waals surface area contributed by atoms with Gasteiger partial charge < -0.3 is 14.8 Å². The lowest BCUT2D eigenvalue weighted by Gasteiger charge is -2.24. The van der Waals surface area contributed by atoms with E-state index in [1.165, 1.54) is 0 Å². The molecule has 0 bridgehead atoms. The van der Waals surface area contributed by atoms with Crippen molar-refractivity contribution in [1.82, 2.24) is 15.1 Å². The smallest absolute Gasteiger partial charge is 0.172 e.